The average Bonchev–Trinajstić information content (AvgIpc) is 2.61. The number of allylic oxidation sites excluding steroid dienone is 1. The summed E-state index contributed by atoms with van der Waals surface area (Å²) in [6, 6.07) is 3.73. The molecule has 0 heterocycles. The number of hydrogen-bond donors (Lipinski definition) is 1. The topological polar surface area (TPSA) is 75.7 Å². The van der Waals surface area contributed by atoms with Crippen molar-refractivity contribution >= 4 is 33.2 Å². The minimum atomic E-state index is -3.73. The maximum Gasteiger partial charge on any atom is 0.243 e. The van der Waals surface area contributed by atoms with E-state index in [-0.39, 0.29) is 11.6 Å². The summed E-state index contributed by atoms with van der Waals surface area (Å²) in [4.78, 5) is 12.6. The molecule has 150 valence electrons. The van der Waals surface area contributed by atoms with E-state index in [1.54, 1.807) is 19.1 Å². The van der Waals surface area contributed by atoms with Crippen molar-refractivity contribution in [3.63, 3.8) is 0 Å². The van der Waals surface area contributed by atoms with Crippen molar-refractivity contribution in [2.24, 2.45) is 0 Å². The number of sulfonamides is 1. The number of benzene rings is 1. The molecular formula is C19H27ClN2O4S. The van der Waals surface area contributed by atoms with Crippen LogP contribution >= 0.6 is 11.6 Å². The van der Waals surface area contributed by atoms with Crippen LogP contribution in [0.15, 0.2) is 29.8 Å². The van der Waals surface area contributed by atoms with Crippen molar-refractivity contribution in [3.05, 3.63) is 34.9 Å². The Morgan fingerprint density at radius 3 is 2.70 bits per heavy atom. The molecule has 0 unspecified atom stereocenters. The zero-order valence-electron chi connectivity index (χ0n) is 16.0. The summed E-state index contributed by atoms with van der Waals surface area (Å²) in [5.41, 5.74) is 1.59. The third-order valence-corrected chi connectivity index (χ3v) is 6.06. The summed E-state index contributed by atoms with van der Waals surface area (Å²) in [6.07, 6.45) is 8.65. The molecule has 27 heavy (non-hydrogen) atoms. The van der Waals surface area contributed by atoms with Crippen molar-refractivity contribution in [2.75, 3.05) is 24.2 Å². The van der Waals surface area contributed by atoms with E-state index in [1.807, 2.05) is 0 Å². The zero-order valence-corrected chi connectivity index (χ0v) is 17.6. The fourth-order valence-corrected chi connectivity index (χ4v) is 4.58. The number of hydrogen-bond acceptors (Lipinski definition) is 4. The van der Waals surface area contributed by atoms with Gasteiger partial charge in [0.05, 0.1) is 19.1 Å². The second kappa shape index (κ2) is 9.46. The SMILES string of the molecule is COc1ccc(Cl)cc1N([C@H](C)C(=O)NCCC1=CCCCC1)S(C)(=O)=O. The Morgan fingerprint density at radius 2 is 2.11 bits per heavy atom. The third-order valence-electron chi connectivity index (χ3n) is 4.60. The summed E-state index contributed by atoms with van der Waals surface area (Å²) in [6.45, 7) is 2.04. The van der Waals surface area contributed by atoms with Crippen molar-refractivity contribution in [2.45, 2.75) is 45.1 Å². The molecule has 1 amide bonds. The third kappa shape index (κ3) is 5.87. The largest absolute Gasteiger partial charge is 0.495 e. The van der Waals surface area contributed by atoms with E-state index in [1.165, 1.54) is 31.6 Å². The maximum atomic E-state index is 12.6. The smallest absolute Gasteiger partial charge is 0.243 e. The van der Waals surface area contributed by atoms with Gasteiger partial charge in [0.25, 0.3) is 0 Å². The predicted octanol–water partition coefficient (Wildman–Crippen LogP) is 3.51. The van der Waals surface area contributed by atoms with E-state index < -0.39 is 16.1 Å². The van der Waals surface area contributed by atoms with E-state index in [0.717, 1.165) is 29.8 Å². The second-order valence-electron chi connectivity index (χ2n) is 6.70. The Kier molecular flexibility index (Phi) is 7.56. The minimum Gasteiger partial charge on any atom is -0.495 e. The maximum absolute atomic E-state index is 12.6. The van der Waals surface area contributed by atoms with Crippen molar-refractivity contribution in [1.29, 1.82) is 0 Å². The number of anilines is 1. The molecule has 0 saturated heterocycles. The lowest BCUT2D eigenvalue weighted by molar-refractivity contribution is -0.121. The van der Waals surface area contributed by atoms with Crippen molar-refractivity contribution in [3.8, 4) is 5.75 Å². The normalized spacial score (nSPS) is 15.6. The van der Waals surface area contributed by atoms with Crippen LogP contribution in [-0.4, -0.2) is 40.3 Å². The molecule has 0 aromatic heterocycles. The van der Waals surface area contributed by atoms with Gasteiger partial charge in [0.15, 0.2) is 0 Å². The van der Waals surface area contributed by atoms with E-state index in [9.17, 15) is 13.2 Å². The van der Waals surface area contributed by atoms with Crippen LogP contribution in [0.3, 0.4) is 0 Å². The van der Waals surface area contributed by atoms with Gasteiger partial charge in [-0.25, -0.2) is 8.42 Å². The Hall–Kier alpha value is -1.73. The van der Waals surface area contributed by atoms with Gasteiger partial charge in [0.1, 0.15) is 11.8 Å². The van der Waals surface area contributed by atoms with E-state index in [0.29, 0.717) is 17.3 Å². The van der Waals surface area contributed by atoms with Gasteiger partial charge in [-0.05, 0) is 57.2 Å². The van der Waals surface area contributed by atoms with E-state index in [2.05, 4.69) is 11.4 Å². The molecule has 0 bridgehead atoms. The predicted molar refractivity (Wildman–Crippen MR) is 109 cm³/mol. The van der Waals surface area contributed by atoms with Gasteiger partial charge >= 0.3 is 0 Å². The van der Waals surface area contributed by atoms with Crippen LogP contribution in [0.5, 0.6) is 5.75 Å². The van der Waals surface area contributed by atoms with Crippen LogP contribution in [0.2, 0.25) is 5.02 Å². The fraction of sp³-hybridized carbons (Fsp3) is 0.526. The summed E-state index contributed by atoms with van der Waals surface area (Å²) >= 11 is 6.04. The summed E-state index contributed by atoms with van der Waals surface area (Å²) < 4.78 is 31.1. The van der Waals surface area contributed by atoms with Crippen molar-refractivity contribution in [1.82, 2.24) is 5.32 Å². The molecule has 1 aromatic carbocycles. The molecule has 0 spiro atoms. The number of carbonyl (C=O) groups is 1. The van der Waals surface area contributed by atoms with Crippen LogP contribution in [0.4, 0.5) is 5.69 Å². The molecule has 1 aliphatic rings. The highest BCUT2D eigenvalue weighted by Crippen LogP contribution is 2.34. The minimum absolute atomic E-state index is 0.241. The Labute approximate surface area is 166 Å². The number of amides is 1. The number of nitrogens with one attached hydrogen (secondary N) is 1. The van der Waals surface area contributed by atoms with Gasteiger partial charge in [-0.2, -0.15) is 0 Å². The molecule has 1 atom stereocenters. The fourth-order valence-electron chi connectivity index (χ4n) is 3.24. The molecular weight excluding hydrogens is 388 g/mol. The standard InChI is InChI=1S/C19H27ClN2O4S/c1-14(19(23)21-12-11-15-7-5-4-6-8-15)22(27(3,24)25)17-13-16(20)9-10-18(17)26-2/h7,9-10,13-14H,4-6,8,11-12H2,1-3H3,(H,21,23)/t14-/m1/s1. The molecule has 0 fully saturated rings. The van der Waals surface area contributed by atoms with Gasteiger partial charge in [0, 0.05) is 11.6 Å². The summed E-state index contributed by atoms with van der Waals surface area (Å²) in [5, 5.41) is 3.20. The van der Waals surface area contributed by atoms with Gasteiger partial charge < -0.3 is 10.1 Å². The number of ether oxygens (including phenoxy) is 1. The summed E-state index contributed by atoms with van der Waals surface area (Å²) in [5.74, 6) is -0.0318. The average molecular weight is 415 g/mol. The lowest BCUT2D eigenvalue weighted by Crippen LogP contribution is -2.48. The number of halogens is 1. The Bertz CT molecular complexity index is 808. The van der Waals surface area contributed by atoms with Crippen LogP contribution in [0.25, 0.3) is 0 Å². The molecule has 1 aromatic rings. The molecule has 6 nitrogen and oxygen atoms in total. The monoisotopic (exact) mass is 414 g/mol. The number of nitrogens with zero attached hydrogens (tertiary/aromatic N) is 1. The molecule has 1 N–H and O–H groups in total. The first-order valence-electron chi connectivity index (χ1n) is 9.02. The van der Waals surface area contributed by atoms with Gasteiger partial charge in [0.2, 0.25) is 15.9 Å². The Morgan fingerprint density at radius 1 is 1.37 bits per heavy atom. The van der Waals surface area contributed by atoms with Gasteiger partial charge in [-0.15, -0.1) is 0 Å². The lowest BCUT2D eigenvalue weighted by Gasteiger charge is -2.29. The van der Waals surface area contributed by atoms with E-state index >= 15 is 0 Å². The van der Waals surface area contributed by atoms with Gasteiger partial charge in [-0.3, -0.25) is 9.10 Å². The van der Waals surface area contributed by atoms with Gasteiger partial charge in [-0.1, -0.05) is 23.3 Å². The molecule has 0 radical (unpaired) electrons. The Balaban J connectivity index is 2.15. The molecule has 0 aliphatic heterocycles. The van der Waals surface area contributed by atoms with Crippen LogP contribution in [0.1, 0.15) is 39.0 Å². The molecule has 1 aliphatic carbocycles. The first-order chi connectivity index (χ1) is 12.7. The first kappa shape index (κ1) is 21.6. The summed E-state index contributed by atoms with van der Waals surface area (Å²) in [7, 11) is -2.29. The van der Waals surface area contributed by atoms with Crippen LogP contribution in [-0.2, 0) is 14.8 Å². The highest BCUT2D eigenvalue weighted by molar-refractivity contribution is 7.92. The lowest BCUT2D eigenvalue weighted by atomic mass is 9.97. The number of carbonyl (C=O) groups excluding carboxylic acids is 1. The molecule has 0 saturated carbocycles. The zero-order chi connectivity index (χ0) is 20.0. The second-order valence-corrected chi connectivity index (χ2v) is 9.00. The molecule has 8 heteroatoms. The van der Waals surface area contributed by atoms with E-state index in [4.69, 9.17) is 16.3 Å². The van der Waals surface area contributed by atoms with Crippen molar-refractivity contribution < 1.29 is 17.9 Å². The quantitative estimate of drug-likeness (QED) is 0.660. The molecule has 2 rings (SSSR count). The highest BCUT2D eigenvalue weighted by atomic mass is 35.5. The number of rotatable bonds is 8. The number of methoxy groups -OCH3 is 1. The highest BCUT2D eigenvalue weighted by Gasteiger charge is 2.31. The van der Waals surface area contributed by atoms with Crippen LogP contribution in [0, 0.1) is 0 Å². The first-order valence-corrected chi connectivity index (χ1v) is 11.2. The van der Waals surface area contributed by atoms with Crippen LogP contribution < -0.4 is 14.4 Å².